The van der Waals surface area contributed by atoms with Crippen LogP contribution < -0.4 is 0 Å². The minimum atomic E-state index is -2.28. The van der Waals surface area contributed by atoms with Gasteiger partial charge in [-0.1, -0.05) is 38.6 Å². The summed E-state index contributed by atoms with van der Waals surface area (Å²) in [4.78, 5) is 12.7. The van der Waals surface area contributed by atoms with Crippen molar-refractivity contribution in [2.75, 3.05) is 6.61 Å². The van der Waals surface area contributed by atoms with Gasteiger partial charge in [0.2, 0.25) is 0 Å². The first kappa shape index (κ1) is 25.8. The molecule has 0 radical (unpaired) electrons. The Bertz CT molecular complexity index is 1060. The second-order valence-electron chi connectivity index (χ2n) is 11.6. The minimum Gasteiger partial charge on any atom is -0.459 e. The molecule has 1 spiro atoms. The van der Waals surface area contributed by atoms with E-state index in [1.165, 1.54) is 0 Å². The van der Waals surface area contributed by atoms with E-state index in [0.717, 1.165) is 0 Å². The van der Waals surface area contributed by atoms with Gasteiger partial charge in [-0.3, -0.25) is 0 Å². The maximum atomic E-state index is 12.7. The Morgan fingerprint density at radius 1 is 1.11 bits per heavy atom. The van der Waals surface area contributed by atoms with E-state index in [9.17, 15) is 35.4 Å². The number of hydrogen-bond acceptors (Lipinski definition) is 9. The van der Waals surface area contributed by atoms with Crippen molar-refractivity contribution in [2.24, 2.45) is 23.7 Å². The van der Waals surface area contributed by atoms with Gasteiger partial charge in [0.05, 0.1) is 23.4 Å². The quantitative estimate of drug-likeness (QED) is 0.248. The van der Waals surface area contributed by atoms with Crippen LogP contribution >= 0.6 is 0 Å². The Morgan fingerprint density at radius 3 is 2.36 bits per heavy atom. The molecule has 2 bridgehead atoms. The van der Waals surface area contributed by atoms with Crippen LogP contribution in [0.1, 0.15) is 44.0 Å². The summed E-state index contributed by atoms with van der Waals surface area (Å²) < 4.78 is 11.7. The van der Waals surface area contributed by atoms with E-state index in [-0.39, 0.29) is 24.0 Å². The SMILES string of the molecule is C=C(C)[C@]1(O)C[C@@H](C)[C@@]2(O)[C@@H]([C@H]3O[C@@]4([C@H](O)[C@]3(O)COC(=O)c3ccccc3)[C@@H](O)[C@@H](C)C[C@@H]24)[C@H]1O. The van der Waals surface area contributed by atoms with Crippen LogP contribution in [0.25, 0.3) is 0 Å². The summed E-state index contributed by atoms with van der Waals surface area (Å²) in [7, 11) is 0. The smallest absolute Gasteiger partial charge is 0.338 e. The third kappa shape index (κ3) is 2.99. The highest BCUT2D eigenvalue weighted by Crippen LogP contribution is 2.68. The van der Waals surface area contributed by atoms with Crippen LogP contribution in [0.4, 0.5) is 0 Å². The van der Waals surface area contributed by atoms with E-state index >= 15 is 0 Å². The normalized spacial score (nSPS) is 51.4. The van der Waals surface area contributed by atoms with Crippen molar-refractivity contribution in [1.82, 2.24) is 0 Å². The molecule has 12 atom stereocenters. The summed E-state index contributed by atoms with van der Waals surface area (Å²) in [5.41, 5.74) is -6.98. The molecule has 0 aromatic heterocycles. The summed E-state index contributed by atoms with van der Waals surface area (Å²) in [6, 6.07) is 8.14. The van der Waals surface area contributed by atoms with Crippen molar-refractivity contribution in [1.29, 1.82) is 0 Å². The lowest BCUT2D eigenvalue weighted by Crippen LogP contribution is -2.75. The molecule has 6 N–H and O–H groups in total. The van der Waals surface area contributed by atoms with Gasteiger partial charge in [0.25, 0.3) is 0 Å². The average molecular weight is 505 g/mol. The molecule has 1 aromatic rings. The van der Waals surface area contributed by atoms with Crippen LogP contribution in [0, 0.1) is 23.7 Å². The molecule has 0 amide bonds. The molecule has 9 heteroatoms. The second kappa shape index (κ2) is 8.07. The fraction of sp³-hybridized carbons (Fsp3) is 0.667. The number of ether oxygens (including phenoxy) is 2. The number of rotatable bonds is 4. The Labute approximate surface area is 210 Å². The highest BCUT2D eigenvalue weighted by atomic mass is 16.6. The number of carbonyl (C=O) groups excluding carboxylic acids is 1. The number of aliphatic hydroxyl groups excluding tert-OH is 3. The summed E-state index contributed by atoms with van der Waals surface area (Å²) in [5, 5.41) is 70.0. The van der Waals surface area contributed by atoms with E-state index in [0.29, 0.717) is 0 Å². The van der Waals surface area contributed by atoms with E-state index in [2.05, 4.69) is 6.58 Å². The molecular weight excluding hydrogens is 468 g/mol. The highest BCUT2D eigenvalue weighted by molar-refractivity contribution is 5.89. The maximum absolute atomic E-state index is 12.7. The van der Waals surface area contributed by atoms with E-state index in [1.807, 2.05) is 0 Å². The van der Waals surface area contributed by atoms with E-state index in [4.69, 9.17) is 9.47 Å². The zero-order valence-corrected chi connectivity index (χ0v) is 20.7. The lowest BCUT2D eigenvalue weighted by molar-refractivity contribution is -0.325. The second-order valence-corrected chi connectivity index (χ2v) is 11.6. The van der Waals surface area contributed by atoms with Crippen molar-refractivity contribution < 1.29 is 44.9 Å². The molecule has 2 aliphatic heterocycles. The largest absolute Gasteiger partial charge is 0.459 e. The van der Waals surface area contributed by atoms with Gasteiger partial charge in [0.1, 0.15) is 30.0 Å². The van der Waals surface area contributed by atoms with E-state index < -0.39 is 83.1 Å². The van der Waals surface area contributed by atoms with Crippen molar-refractivity contribution in [3.05, 3.63) is 48.0 Å². The van der Waals surface area contributed by atoms with Crippen molar-refractivity contribution in [3.63, 3.8) is 0 Å². The Morgan fingerprint density at radius 2 is 1.75 bits per heavy atom. The Balaban J connectivity index is 1.60. The van der Waals surface area contributed by atoms with Crippen molar-refractivity contribution >= 4 is 5.97 Å². The maximum Gasteiger partial charge on any atom is 0.338 e. The number of hydrogen-bond donors (Lipinski definition) is 6. The van der Waals surface area contributed by atoms with Gasteiger partial charge in [-0.25, -0.2) is 4.79 Å². The molecule has 2 saturated heterocycles. The number of fused-ring (bicyclic) bond motifs is 4. The summed E-state index contributed by atoms with van der Waals surface area (Å²) in [6.45, 7) is 8.21. The predicted molar refractivity (Wildman–Crippen MR) is 127 cm³/mol. The first-order valence-electron chi connectivity index (χ1n) is 12.5. The fourth-order valence-corrected chi connectivity index (χ4v) is 7.75. The summed E-state index contributed by atoms with van der Waals surface area (Å²) >= 11 is 0. The van der Waals surface area contributed by atoms with Gasteiger partial charge in [-0.05, 0) is 49.3 Å². The first-order chi connectivity index (χ1) is 16.8. The zero-order chi connectivity index (χ0) is 26.4. The molecule has 2 heterocycles. The third-order valence-electron chi connectivity index (χ3n) is 9.72. The molecule has 0 unspecified atom stereocenters. The van der Waals surface area contributed by atoms with Crippen molar-refractivity contribution in [3.8, 4) is 0 Å². The molecular formula is C27H36O9. The molecule has 1 aromatic carbocycles. The minimum absolute atomic E-state index is 0.00219. The van der Waals surface area contributed by atoms with Gasteiger partial charge in [0, 0.05) is 11.8 Å². The van der Waals surface area contributed by atoms with Gasteiger partial charge in [-0.2, -0.15) is 0 Å². The average Bonchev–Trinajstić information content (AvgIpc) is 3.22. The van der Waals surface area contributed by atoms with Gasteiger partial charge < -0.3 is 40.1 Å². The summed E-state index contributed by atoms with van der Waals surface area (Å²) in [5.74, 6) is -3.87. The lowest BCUT2D eigenvalue weighted by Gasteiger charge is -2.62. The van der Waals surface area contributed by atoms with Crippen LogP contribution in [0.3, 0.4) is 0 Å². The van der Waals surface area contributed by atoms with Crippen molar-refractivity contribution in [2.45, 2.75) is 80.4 Å². The molecule has 36 heavy (non-hydrogen) atoms. The number of aliphatic hydroxyl groups is 6. The molecule has 4 aliphatic rings. The van der Waals surface area contributed by atoms with Gasteiger partial charge >= 0.3 is 5.97 Å². The highest BCUT2D eigenvalue weighted by Gasteiger charge is 2.84. The van der Waals surface area contributed by atoms with Crippen LogP contribution in [0.15, 0.2) is 42.5 Å². The number of benzene rings is 1. The summed E-state index contributed by atoms with van der Waals surface area (Å²) in [6.07, 6.45) is -5.77. The molecule has 9 nitrogen and oxygen atoms in total. The monoisotopic (exact) mass is 504 g/mol. The lowest BCUT2D eigenvalue weighted by atomic mass is 9.52. The van der Waals surface area contributed by atoms with E-state index in [1.54, 1.807) is 51.1 Å². The number of carbonyl (C=O) groups is 1. The molecule has 2 aliphatic carbocycles. The number of esters is 1. The molecule has 4 fully saturated rings. The van der Waals surface area contributed by atoms with Crippen LogP contribution in [-0.4, -0.2) is 90.0 Å². The first-order valence-corrected chi connectivity index (χ1v) is 12.5. The Kier molecular flexibility index (Phi) is 5.78. The topological polar surface area (TPSA) is 157 Å². The molecule has 198 valence electrons. The molecule has 5 rings (SSSR count). The fourth-order valence-electron chi connectivity index (χ4n) is 7.75. The van der Waals surface area contributed by atoms with Gasteiger partial charge in [0.15, 0.2) is 5.60 Å². The van der Waals surface area contributed by atoms with Crippen LogP contribution in [0.2, 0.25) is 0 Å². The van der Waals surface area contributed by atoms with Gasteiger partial charge in [-0.15, -0.1) is 0 Å². The standard InChI is InChI=1S/C27H36O9/c1-13(2)24(32)11-15(4)26(34)17-10-14(3)19(28)27(17)23(31)25(33,21(36-27)18(26)20(24)29)12-35-22(30)16-8-6-5-7-9-16/h5-9,14-15,17-21,23,28-29,31-34H,1,10-12H2,2-4H3/t14-,15+,17-,18+,19-,20+,21+,23+,24+,25-,26-,27+/m0/s1. The van der Waals surface area contributed by atoms with Crippen LogP contribution in [0.5, 0.6) is 0 Å². The molecule has 2 saturated carbocycles. The van der Waals surface area contributed by atoms with Crippen LogP contribution in [-0.2, 0) is 9.47 Å². The Hall–Kier alpha value is -1.85. The third-order valence-corrected chi connectivity index (χ3v) is 9.72. The zero-order valence-electron chi connectivity index (χ0n) is 20.7. The predicted octanol–water partition coefficient (Wildman–Crippen LogP) is 0.159.